The third-order valence-corrected chi connectivity index (χ3v) is 7.20. The molecule has 2 aliphatic rings. The van der Waals surface area contributed by atoms with Gasteiger partial charge in [-0.05, 0) is 61.6 Å². The number of nitrogens with one attached hydrogen (secondary N) is 2. The van der Waals surface area contributed by atoms with E-state index in [2.05, 4.69) is 34.9 Å². The van der Waals surface area contributed by atoms with Crippen LogP contribution < -0.4 is 16.4 Å². The van der Waals surface area contributed by atoms with Crippen molar-refractivity contribution in [3.63, 3.8) is 0 Å². The summed E-state index contributed by atoms with van der Waals surface area (Å²) in [6, 6.07) is 17.3. The zero-order valence-electron chi connectivity index (χ0n) is 20.9. The molecule has 0 aromatic heterocycles. The van der Waals surface area contributed by atoms with Gasteiger partial charge in [0.05, 0.1) is 13.2 Å². The normalized spacial score (nSPS) is 17.6. The van der Waals surface area contributed by atoms with Crippen molar-refractivity contribution in [2.45, 2.75) is 63.1 Å². The van der Waals surface area contributed by atoms with Gasteiger partial charge in [0.15, 0.2) is 0 Å². The molecule has 35 heavy (non-hydrogen) atoms. The van der Waals surface area contributed by atoms with Crippen LogP contribution in [-0.2, 0) is 28.0 Å². The number of aryl methyl sites for hydroxylation is 1. The lowest BCUT2D eigenvalue weighted by Gasteiger charge is -2.41. The number of benzene rings is 2. The minimum absolute atomic E-state index is 0.0960. The van der Waals surface area contributed by atoms with Crippen molar-refractivity contribution in [1.29, 1.82) is 0 Å². The van der Waals surface area contributed by atoms with Crippen LogP contribution in [0.4, 0.5) is 4.79 Å². The van der Waals surface area contributed by atoms with Crippen LogP contribution in [0.15, 0.2) is 54.6 Å². The number of hydrogen-bond donors (Lipinski definition) is 3. The molecule has 188 valence electrons. The monoisotopic (exact) mass is 478 g/mol. The fourth-order valence-corrected chi connectivity index (χ4v) is 5.22. The van der Waals surface area contributed by atoms with E-state index >= 15 is 0 Å². The van der Waals surface area contributed by atoms with Gasteiger partial charge in [-0.15, -0.1) is 0 Å². The molecular formula is C28H38N4O3. The molecule has 0 unspecified atom stereocenters. The maximum atomic E-state index is 13.5. The van der Waals surface area contributed by atoms with E-state index in [9.17, 15) is 9.59 Å². The number of urea groups is 1. The summed E-state index contributed by atoms with van der Waals surface area (Å²) < 4.78 is 5.87. The molecule has 4 N–H and O–H groups in total. The maximum absolute atomic E-state index is 13.5. The lowest BCUT2D eigenvalue weighted by Crippen LogP contribution is -2.57. The number of rotatable bonds is 8. The van der Waals surface area contributed by atoms with Crippen molar-refractivity contribution in [3.8, 4) is 0 Å². The van der Waals surface area contributed by atoms with E-state index in [1.54, 1.807) is 0 Å². The molecule has 1 saturated heterocycles. The van der Waals surface area contributed by atoms with Crippen molar-refractivity contribution in [3.05, 3.63) is 71.3 Å². The van der Waals surface area contributed by atoms with Gasteiger partial charge in [-0.3, -0.25) is 4.79 Å². The highest BCUT2D eigenvalue weighted by Gasteiger charge is 2.42. The van der Waals surface area contributed by atoms with Crippen molar-refractivity contribution >= 4 is 11.9 Å². The van der Waals surface area contributed by atoms with Crippen LogP contribution in [0.3, 0.4) is 0 Å². The standard InChI is InChI=1S/C28H38N4O3/c1-27(2,29)20-30-26(34)31-24(19-35-18-21-8-4-3-5-9-21)25(33)32-16-14-28(15-17-32)13-12-22-10-6-7-11-23(22)28/h3-11,24H,12-20,29H2,1-2H3,(H2,30,31,34)/t24-/m1/s1. The summed E-state index contributed by atoms with van der Waals surface area (Å²) in [6.45, 7) is 5.83. The van der Waals surface area contributed by atoms with Crippen LogP contribution in [0.1, 0.15) is 49.8 Å². The van der Waals surface area contributed by atoms with Crippen molar-refractivity contribution in [2.24, 2.45) is 5.73 Å². The number of amides is 3. The Morgan fingerprint density at radius 1 is 1.06 bits per heavy atom. The Labute approximate surface area is 208 Å². The van der Waals surface area contributed by atoms with Gasteiger partial charge >= 0.3 is 6.03 Å². The van der Waals surface area contributed by atoms with E-state index in [-0.39, 0.29) is 17.9 Å². The summed E-state index contributed by atoms with van der Waals surface area (Å²) in [6.07, 6.45) is 4.15. The molecular weight excluding hydrogens is 440 g/mol. The second-order valence-corrected chi connectivity index (χ2v) is 10.6. The van der Waals surface area contributed by atoms with Gasteiger partial charge in [0.25, 0.3) is 0 Å². The molecule has 7 heteroatoms. The Morgan fingerprint density at radius 3 is 2.46 bits per heavy atom. The minimum Gasteiger partial charge on any atom is -0.374 e. The Balaban J connectivity index is 1.38. The van der Waals surface area contributed by atoms with Crippen molar-refractivity contribution in [1.82, 2.24) is 15.5 Å². The number of piperidine rings is 1. The Kier molecular flexibility index (Phi) is 7.77. The molecule has 1 aliphatic carbocycles. The second kappa shape index (κ2) is 10.8. The van der Waals surface area contributed by atoms with Gasteiger partial charge in [-0.2, -0.15) is 0 Å². The fourth-order valence-electron chi connectivity index (χ4n) is 5.22. The van der Waals surface area contributed by atoms with Crippen LogP contribution >= 0.6 is 0 Å². The van der Waals surface area contributed by atoms with Crippen LogP contribution in [0.25, 0.3) is 0 Å². The lowest BCUT2D eigenvalue weighted by atomic mass is 9.74. The van der Waals surface area contributed by atoms with Crippen LogP contribution in [0, 0.1) is 0 Å². The van der Waals surface area contributed by atoms with E-state index in [1.807, 2.05) is 49.1 Å². The predicted molar refractivity (Wildman–Crippen MR) is 137 cm³/mol. The molecule has 0 radical (unpaired) electrons. The molecule has 0 saturated carbocycles. The molecule has 2 aromatic carbocycles. The average Bonchev–Trinajstić information content (AvgIpc) is 3.20. The fraction of sp³-hybridized carbons (Fsp3) is 0.500. The van der Waals surface area contributed by atoms with E-state index in [0.717, 1.165) is 31.2 Å². The number of nitrogens with two attached hydrogens (primary N) is 1. The highest BCUT2D eigenvalue weighted by atomic mass is 16.5. The molecule has 1 aliphatic heterocycles. The number of likely N-dealkylation sites (tertiary alicyclic amines) is 1. The number of carbonyl (C=O) groups excluding carboxylic acids is 2. The molecule has 7 nitrogen and oxygen atoms in total. The number of hydrogen-bond acceptors (Lipinski definition) is 4. The summed E-state index contributed by atoms with van der Waals surface area (Å²) >= 11 is 0. The van der Waals surface area contributed by atoms with Gasteiger partial charge < -0.3 is 26.0 Å². The van der Waals surface area contributed by atoms with Gasteiger partial charge in [-0.1, -0.05) is 54.6 Å². The number of ether oxygens (including phenoxy) is 1. The van der Waals surface area contributed by atoms with E-state index in [1.165, 1.54) is 11.1 Å². The minimum atomic E-state index is -0.760. The zero-order chi connectivity index (χ0) is 24.9. The molecule has 1 spiro atoms. The van der Waals surface area contributed by atoms with Gasteiger partial charge in [-0.25, -0.2) is 4.79 Å². The van der Waals surface area contributed by atoms with E-state index < -0.39 is 17.6 Å². The van der Waals surface area contributed by atoms with Crippen LogP contribution in [-0.4, -0.2) is 54.7 Å². The zero-order valence-corrected chi connectivity index (χ0v) is 20.9. The van der Waals surface area contributed by atoms with Crippen LogP contribution in [0.2, 0.25) is 0 Å². The smallest absolute Gasteiger partial charge is 0.315 e. The first kappa shape index (κ1) is 25.2. The topological polar surface area (TPSA) is 96.7 Å². The molecule has 0 bridgehead atoms. The highest BCUT2D eigenvalue weighted by Crippen LogP contribution is 2.46. The SMILES string of the molecule is CC(C)(N)CNC(=O)N[C@H](COCc1ccccc1)C(=O)N1CCC2(CCc3ccccc32)CC1. The summed E-state index contributed by atoms with van der Waals surface area (Å²) in [7, 11) is 0. The predicted octanol–water partition coefficient (Wildman–Crippen LogP) is 3.11. The Hall–Kier alpha value is -2.90. The Morgan fingerprint density at radius 2 is 1.74 bits per heavy atom. The summed E-state index contributed by atoms with van der Waals surface area (Å²) in [4.78, 5) is 27.9. The molecule has 3 amide bonds. The van der Waals surface area contributed by atoms with E-state index in [0.29, 0.717) is 26.2 Å². The molecule has 1 heterocycles. The third kappa shape index (κ3) is 6.41. The summed E-state index contributed by atoms with van der Waals surface area (Å²) in [5.41, 5.74) is 9.53. The van der Waals surface area contributed by atoms with Crippen molar-refractivity contribution < 1.29 is 14.3 Å². The first-order valence-corrected chi connectivity index (χ1v) is 12.6. The maximum Gasteiger partial charge on any atom is 0.315 e. The Bertz CT molecular complexity index is 1010. The molecule has 2 aromatic rings. The van der Waals surface area contributed by atoms with Gasteiger partial charge in [0.1, 0.15) is 6.04 Å². The number of carbonyl (C=O) groups is 2. The van der Waals surface area contributed by atoms with Gasteiger partial charge in [0, 0.05) is 25.2 Å². The number of nitrogens with zero attached hydrogens (tertiary/aromatic N) is 1. The highest BCUT2D eigenvalue weighted by molar-refractivity contribution is 5.87. The molecule has 1 atom stereocenters. The molecule has 1 fully saturated rings. The van der Waals surface area contributed by atoms with Gasteiger partial charge in [0.2, 0.25) is 5.91 Å². The molecule has 4 rings (SSSR count). The summed E-state index contributed by atoms with van der Waals surface area (Å²) in [5, 5.41) is 5.60. The quantitative estimate of drug-likeness (QED) is 0.543. The largest absolute Gasteiger partial charge is 0.374 e. The summed E-state index contributed by atoms with van der Waals surface area (Å²) in [5.74, 6) is -0.0960. The second-order valence-electron chi connectivity index (χ2n) is 10.6. The van der Waals surface area contributed by atoms with Crippen molar-refractivity contribution in [2.75, 3.05) is 26.2 Å². The number of fused-ring (bicyclic) bond motifs is 2. The lowest BCUT2D eigenvalue weighted by molar-refractivity contribution is -0.136. The first-order valence-electron chi connectivity index (χ1n) is 12.6. The van der Waals surface area contributed by atoms with E-state index in [4.69, 9.17) is 10.5 Å². The van der Waals surface area contributed by atoms with Crippen LogP contribution in [0.5, 0.6) is 0 Å². The third-order valence-electron chi connectivity index (χ3n) is 7.20. The average molecular weight is 479 g/mol. The first-order chi connectivity index (χ1) is 16.8.